The Kier molecular flexibility index (Phi) is 6.71. The molecule has 6 heteroatoms. The first-order valence-electron chi connectivity index (χ1n) is 8.11. The van der Waals surface area contributed by atoms with Gasteiger partial charge in [0.25, 0.3) is 0 Å². The van der Waals surface area contributed by atoms with Crippen molar-refractivity contribution in [1.82, 2.24) is 10.3 Å². The highest BCUT2D eigenvalue weighted by Crippen LogP contribution is 2.25. The van der Waals surface area contributed by atoms with Crippen LogP contribution in [0.2, 0.25) is 0 Å². The van der Waals surface area contributed by atoms with Gasteiger partial charge in [-0.1, -0.05) is 6.07 Å². The molecule has 0 aliphatic rings. The molecule has 0 saturated carbocycles. The molecule has 2 rings (SSSR count). The summed E-state index contributed by atoms with van der Waals surface area (Å²) in [4.78, 5) is 16.0. The molecular formula is C19H23N5O. The van der Waals surface area contributed by atoms with Crippen LogP contribution in [0.5, 0.6) is 0 Å². The van der Waals surface area contributed by atoms with Crippen LogP contribution in [0.1, 0.15) is 18.4 Å². The van der Waals surface area contributed by atoms with Gasteiger partial charge in [-0.2, -0.15) is 0 Å². The summed E-state index contributed by atoms with van der Waals surface area (Å²) in [5, 5.41) is 12.8. The highest BCUT2D eigenvalue weighted by molar-refractivity contribution is 5.89. The second kappa shape index (κ2) is 9.22. The van der Waals surface area contributed by atoms with Crippen LogP contribution in [0.15, 0.2) is 54.5 Å². The predicted octanol–water partition coefficient (Wildman–Crippen LogP) is 3.45. The number of pyridine rings is 1. The lowest BCUT2D eigenvalue weighted by molar-refractivity contribution is 0.252. The van der Waals surface area contributed by atoms with Gasteiger partial charge in [-0.3, -0.25) is 4.98 Å². The summed E-state index contributed by atoms with van der Waals surface area (Å²) in [6.45, 7) is 2.53. The van der Waals surface area contributed by atoms with Gasteiger partial charge < -0.3 is 21.8 Å². The predicted molar refractivity (Wildman–Crippen MR) is 102 cm³/mol. The fourth-order valence-electron chi connectivity index (χ4n) is 2.47. The van der Waals surface area contributed by atoms with Crippen LogP contribution in [-0.4, -0.2) is 23.8 Å². The van der Waals surface area contributed by atoms with E-state index in [2.05, 4.69) is 15.6 Å². The largest absolute Gasteiger partial charge is 0.404 e. The zero-order chi connectivity index (χ0) is 18.1. The molecule has 1 heterocycles. The zero-order valence-corrected chi connectivity index (χ0v) is 14.3. The number of allylic oxidation sites excluding steroid dienone is 1. The molecule has 5 N–H and O–H groups in total. The van der Waals surface area contributed by atoms with Crippen molar-refractivity contribution in [2.45, 2.75) is 19.8 Å². The van der Waals surface area contributed by atoms with E-state index >= 15 is 0 Å². The third kappa shape index (κ3) is 5.46. The molecule has 1 aromatic heterocycles. The normalized spacial score (nSPS) is 11.0. The fraction of sp³-hybridized carbons (Fsp3) is 0.211. The number of carbonyl (C=O) groups is 1. The SMILES string of the molecule is Cc1cc(NC(=O)NCCC/C(C=N)=C/N)ccc1-c1ccncc1. The summed E-state index contributed by atoms with van der Waals surface area (Å²) in [6.07, 6.45) is 7.57. The van der Waals surface area contributed by atoms with E-state index < -0.39 is 0 Å². The van der Waals surface area contributed by atoms with Gasteiger partial charge in [0, 0.05) is 30.8 Å². The maximum Gasteiger partial charge on any atom is 0.319 e. The lowest BCUT2D eigenvalue weighted by Crippen LogP contribution is -2.29. The summed E-state index contributed by atoms with van der Waals surface area (Å²) in [5.41, 5.74) is 10.2. The first-order chi connectivity index (χ1) is 12.1. The van der Waals surface area contributed by atoms with E-state index in [1.54, 1.807) is 12.4 Å². The molecule has 0 fully saturated rings. The fourth-order valence-corrected chi connectivity index (χ4v) is 2.47. The third-order valence-corrected chi connectivity index (χ3v) is 3.80. The molecule has 0 aliphatic heterocycles. The average Bonchev–Trinajstić information content (AvgIpc) is 2.63. The number of anilines is 1. The lowest BCUT2D eigenvalue weighted by atomic mass is 10.0. The zero-order valence-electron chi connectivity index (χ0n) is 14.3. The van der Waals surface area contributed by atoms with Gasteiger partial charge in [0.15, 0.2) is 0 Å². The molecule has 0 atom stereocenters. The number of benzene rings is 1. The maximum absolute atomic E-state index is 11.9. The molecule has 2 amide bonds. The monoisotopic (exact) mass is 337 g/mol. The number of urea groups is 1. The number of hydrogen-bond acceptors (Lipinski definition) is 4. The van der Waals surface area contributed by atoms with E-state index in [4.69, 9.17) is 11.1 Å². The van der Waals surface area contributed by atoms with Crippen LogP contribution in [0.25, 0.3) is 11.1 Å². The summed E-state index contributed by atoms with van der Waals surface area (Å²) in [7, 11) is 0. The molecule has 2 aromatic rings. The number of aromatic nitrogens is 1. The van der Waals surface area contributed by atoms with Crippen LogP contribution >= 0.6 is 0 Å². The molecule has 25 heavy (non-hydrogen) atoms. The van der Waals surface area contributed by atoms with Gasteiger partial charge >= 0.3 is 6.03 Å². The number of nitrogens with one attached hydrogen (secondary N) is 3. The quantitative estimate of drug-likeness (QED) is 0.459. The molecule has 1 aromatic carbocycles. The number of nitrogens with two attached hydrogens (primary N) is 1. The van der Waals surface area contributed by atoms with Gasteiger partial charge in [0.1, 0.15) is 0 Å². The third-order valence-electron chi connectivity index (χ3n) is 3.80. The number of nitrogens with zero attached hydrogens (tertiary/aromatic N) is 1. The molecule has 6 nitrogen and oxygen atoms in total. The van der Waals surface area contributed by atoms with Crippen LogP contribution < -0.4 is 16.4 Å². The Bertz CT molecular complexity index is 756. The Morgan fingerprint density at radius 3 is 2.68 bits per heavy atom. The van der Waals surface area contributed by atoms with Crippen LogP contribution in [0, 0.1) is 12.3 Å². The van der Waals surface area contributed by atoms with Crippen molar-refractivity contribution < 1.29 is 4.79 Å². The van der Waals surface area contributed by atoms with Gasteiger partial charge in [0.2, 0.25) is 0 Å². The Morgan fingerprint density at radius 2 is 2.04 bits per heavy atom. The summed E-state index contributed by atoms with van der Waals surface area (Å²) < 4.78 is 0. The van der Waals surface area contributed by atoms with E-state index in [1.165, 1.54) is 12.4 Å². The molecule has 130 valence electrons. The summed E-state index contributed by atoms with van der Waals surface area (Å²) in [6, 6.07) is 9.49. The lowest BCUT2D eigenvalue weighted by Gasteiger charge is -2.11. The minimum atomic E-state index is -0.246. The number of carbonyl (C=O) groups excluding carboxylic acids is 1. The van der Waals surface area contributed by atoms with E-state index in [0.29, 0.717) is 13.0 Å². The number of hydrogen-bond donors (Lipinski definition) is 4. The van der Waals surface area contributed by atoms with Gasteiger partial charge in [-0.25, -0.2) is 4.79 Å². The number of amides is 2. The Balaban J connectivity index is 1.87. The standard InChI is InChI=1S/C19H23N5O/c1-14-11-17(4-5-18(14)16-6-9-22-10-7-16)24-19(25)23-8-2-3-15(12-20)13-21/h4-7,9-13,20H,2-3,8,21H2,1H3,(H2,23,24,25)/b15-13-,20-12?. The minimum Gasteiger partial charge on any atom is -0.404 e. The molecule has 0 aliphatic carbocycles. The van der Waals surface area contributed by atoms with Gasteiger partial charge in [-0.05, 0) is 72.5 Å². The van der Waals surface area contributed by atoms with Gasteiger partial charge in [-0.15, -0.1) is 0 Å². The highest BCUT2D eigenvalue weighted by Gasteiger charge is 2.05. The van der Waals surface area contributed by atoms with Gasteiger partial charge in [0.05, 0.1) is 0 Å². The van der Waals surface area contributed by atoms with E-state index in [9.17, 15) is 4.79 Å². The molecule has 0 saturated heterocycles. The minimum absolute atomic E-state index is 0.246. The summed E-state index contributed by atoms with van der Waals surface area (Å²) >= 11 is 0. The van der Waals surface area contributed by atoms with Crippen molar-refractivity contribution >= 4 is 17.9 Å². The van der Waals surface area contributed by atoms with Crippen molar-refractivity contribution in [1.29, 1.82) is 5.41 Å². The van der Waals surface area contributed by atoms with Crippen molar-refractivity contribution in [2.24, 2.45) is 5.73 Å². The average molecular weight is 337 g/mol. The van der Waals surface area contributed by atoms with Crippen molar-refractivity contribution in [3.63, 3.8) is 0 Å². The molecule has 0 radical (unpaired) electrons. The van der Waals surface area contributed by atoms with Crippen molar-refractivity contribution in [3.05, 3.63) is 60.1 Å². The molecule has 0 spiro atoms. The Labute approximate surface area is 147 Å². The Morgan fingerprint density at radius 1 is 1.28 bits per heavy atom. The van der Waals surface area contributed by atoms with Crippen LogP contribution in [0.4, 0.5) is 10.5 Å². The van der Waals surface area contributed by atoms with Crippen LogP contribution in [-0.2, 0) is 0 Å². The molecule has 0 bridgehead atoms. The van der Waals surface area contributed by atoms with Crippen molar-refractivity contribution in [3.8, 4) is 11.1 Å². The molecule has 0 unspecified atom stereocenters. The summed E-state index contributed by atoms with van der Waals surface area (Å²) in [5.74, 6) is 0. The Hall–Kier alpha value is -3.15. The molecular weight excluding hydrogens is 314 g/mol. The number of aryl methyl sites for hydroxylation is 1. The second-order valence-electron chi connectivity index (χ2n) is 5.64. The van der Waals surface area contributed by atoms with E-state index in [-0.39, 0.29) is 6.03 Å². The first kappa shape index (κ1) is 18.2. The smallest absolute Gasteiger partial charge is 0.319 e. The van der Waals surface area contributed by atoms with Crippen LogP contribution in [0.3, 0.4) is 0 Å². The van der Waals surface area contributed by atoms with E-state index in [1.807, 2.05) is 37.3 Å². The second-order valence-corrected chi connectivity index (χ2v) is 5.64. The number of rotatable bonds is 7. The topological polar surface area (TPSA) is 104 Å². The van der Waals surface area contributed by atoms with Crippen molar-refractivity contribution in [2.75, 3.05) is 11.9 Å². The highest BCUT2D eigenvalue weighted by atomic mass is 16.2. The van der Waals surface area contributed by atoms with E-state index in [0.717, 1.165) is 34.4 Å². The first-order valence-corrected chi connectivity index (χ1v) is 8.11. The maximum atomic E-state index is 11.9.